The van der Waals surface area contributed by atoms with Gasteiger partial charge in [-0.15, -0.1) is 0 Å². The van der Waals surface area contributed by atoms with Gasteiger partial charge in [-0.1, -0.05) is 41.1 Å². The molecular weight excluding hydrogens is 376 g/mol. The van der Waals surface area contributed by atoms with E-state index >= 15 is 0 Å². The molecule has 8 heteroatoms. The van der Waals surface area contributed by atoms with E-state index in [1.54, 1.807) is 12.1 Å². The highest BCUT2D eigenvalue weighted by Gasteiger charge is 2.13. The molecule has 0 unspecified atom stereocenters. The van der Waals surface area contributed by atoms with Gasteiger partial charge in [0.1, 0.15) is 0 Å². The van der Waals surface area contributed by atoms with E-state index in [0.29, 0.717) is 28.1 Å². The highest BCUT2D eigenvalue weighted by atomic mass is 32.1. The molecule has 0 bridgehead atoms. The molecule has 0 saturated heterocycles. The Morgan fingerprint density at radius 2 is 1.93 bits per heavy atom. The molecule has 7 nitrogen and oxygen atoms in total. The van der Waals surface area contributed by atoms with Crippen LogP contribution in [0, 0.1) is 13.8 Å². The highest BCUT2D eigenvalue weighted by Crippen LogP contribution is 2.20. The Labute approximate surface area is 168 Å². The number of nitrogens with zero attached hydrogens (tertiary/aromatic N) is 2. The smallest absolute Gasteiger partial charge is 0.338 e. The summed E-state index contributed by atoms with van der Waals surface area (Å²) < 4.78 is 10.1. The first-order chi connectivity index (χ1) is 13.5. The minimum atomic E-state index is -0.394. The van der Waals surface area contributed by atoms with Gasteiger partial charge in [-0.05, 0) is 43.8 Å². The van der Waals surface area contributed by atoms with Crippen LogP contribution in [0.15, 0.2) is 47.0 Å². The van der Waals surface area contributed by atoms with Crippen LogP contribution in [-0.4, -0.2) is 28.3 Å². The number of rotatable bonds is 5. The molecule has 1 aromatic heterocycles. The molecule has 28 heavy (non-hydrogen) atoms. The summed E-state index contributed by atoms with van der Waals surface area (Å²) in [5.41, 5.74) is 3.99. The zero-order valence-corrected chi connectivity index (χ0v) is 16.6. The van der Waals surface area contributed by atoms with Crippen LogP contribution < -0.4 is 10.6 Å². The number of aromatic nitrogens is 2. The fourth-order valence-corrected chi connectivity index (χ4v) is 2.75. The van der Waals surface area contributed by atoms with Gasteiger partial charge in [0, 0.05) is 11.3 Å². The number of thiocarbonyl (C=S) groups is 1. The van der Waals surface area contributed by atoms with Crippen molar-refractivity contribution in [1.82, 2.24) is 15.5 Å². The first kappa shape index (κ1) is 19.5. The third-order valence-electron chi connectivity index (χ3n) is 4.17. The van der Waals surface area contributed by atoms with Crippen LogP contribution in [0.5, 0.6) is 0 Å². The number of carbonyl (C=O) groups is 1. The highest BCUT2D eigenvalue weighted by molar-refractivity contribution is 7.80. The maximum Gasteiger partial charge on any atom is 0.338 e. The average molecular weight is 396 g/mol. The van der Waals surface area contributed by atoms with Crippen molar-refractivity contribution in [3.8, 4) is 11.4 Å². The Bertz CT molecular complexity index is 999. The third-order valence-corrected chi connectivity index (χ3v) is 4.41. The molecule has 0 aliphatic heterocycles. The SMILES string of the molecule is COC(=O)c1cccc(NC(=S)NCc2nc(-c3ccc(C)cc3)no2)c1C. The van der Waals surface area contributed by atoms with Gasteiger partial charge in [0.2, 0.25) is 11.7 Å². The number of hydrogen-bond acceptors (Lipinski definition) is 6. The van der Waals surface area contributed by atoms with Crippen molar-refractivity contribution in [3.63, 3.8) is 0 Å². The Morgan fingerprint density at radius 3 is 2.64 bits per heavy atom. The van der Waals surface area contributed by atoms with Crippen LogP contribution in [0.4, 0.5) is 5.69 Å². The molecule has 0 saturated carbocycles. The molecule has 2 aromatic carbocycles. The van der Waals surface area contributed by atoms with Crippen molar-refractivity contribution in [2.45, 2.75) is 20.4 Å². The van der Waals surface area contributed by atoms with Gasteiger partial charge >= 0.3 is 5.97 Å². The van der Waals surface area contributed by atoms with E-state index < -0.39 is 5.97 Å². The summed E-state index contributed by atoms with van der Waals surface area (Å²) in [6, 6.07) is 13.2. The number of benzene rings is 2. The van der Waals surface area contributed by atoms with Crippen LogP contribution >= 0.6 is 12.2 Å². The lowest BCUT2D eigenvalue weighted by Gasteiger charge is -2.13. The van der Waals surface area contributed by atoms with E-state index in [-0.39, 0.29) is 6.54 Å². The van der Waals surface area contributed by atoms with E-state index in [1.807, 2.05) is 44.2 Å². The third kappa shape index (κ3) is 4.52. The van der Waals surface area contributed by atoms with Crippen molar-refractivity contribution in [1.29, 1.82) is 0 Å². The van der Waals surface area contributed by atoms with Crippen LogP contribution in [0.2, 0.25) is 0 Å². The molecule has 144 valence electrons. The minimum Gasteiger partial charge on any atom is -0.465 e. The average Bonchev–Trinajstić information content (AvgIpc) is 3.17. The number of aryl methyl sites for hydroxylation is 1. The van der Waals surface area contributed by atoms with E-state index in [2.05, 4.69) is 20.8 Å². The van der Waals surface area contributed by atoms with Gasteiger partial charge in [0.25, 0.3) is 0 Å². The van der Waals surface area contributed by atoms with Crippen LogP contribution in [0.3, 0.4) is 0 Å². The van der Waals surface area contributed by atoms with E-state index in [1.165, 1.54) is 7.11 Å². The van der Waals surface area contributed by atoms with Crippen molar-refractivity contribution >= 4 is 29.0 Å². The van der Waals surface area contributed by atoms with Gasteiger partial charge in [0.05, 0.1) is 19.2 Å². The van der Waals surface area contributed by atoms with Gasteiger partial charge in [-0.3, -0.25) is 0 Å². The summed E-state index contributed by atoms with van der Waals surface area (Å²) in [6.45, 7) is 4.12. The largest absolute Gasteiger partial charge is 0.465 e. The quantitative estimate of drug-likeness (QED) is 0.499. The number of esters is 1. The Kier molecular flexibility index (Phi) is 6.00. The maximum absolute atomic E-state index is 11.8. The summed E-state index contributed by atoms with van der Waals surface area (Å²) in [5, 5.41) is 10.5. The topological polar surface area (TPSA) is 89.3 Å². The van der Waals surface area contributed by atoms with Gasteiger partial charge in [-0.2, -0.15) is 4.98 Å². The fourth-order valence-electron chi connectivity index (χ4n) is 2.57. The van der Waals surface area contributed by atoms with Gasteiger partial charge in [-0.25, -0.2) is 4.79 Å². The number of ether oxygens (including phenoxy) is 1. The lowest BCUT2D eigenvalue weighted by molar-refractivity contribution is 0.0600. The van der Waals surface area contributed by atoms with Crippen molar-refractivity contribution < 1.29 is 14.1 Å². The fraction of sp³-hybridized carbons (Fsp3) is 0.200. The van der Waals surface area contributed by atoms with Crippen molar-refractivity contribution in [2.24, 2.45) is 0 Å². The standard InChI is InChI=1S/C20H20N4O3S/c1-12-7-9-14(10-8-12)18-23-17(27-24-18)11-21-20(28)22-16-6-4-5-15(13(16)2)19(25)26-3/h4-10H,11H2,1-3H3,(H2,21,22,28). The predicted molar refractivity (Wildman–Crippen MR) is 110 cm³/mol. The summed E-state index contributed by atoms with van der Waals surface area (Å²) >= 11 is 5.32. The van der Waals surface area contributed by atoms with Gasteiger partial charge in [0.15, 0.2) is 5.11 Å². The molecule has 1 heterocycles. The van der Waals surface area contributed by atoms with Crippen LogP contribution in [0.25, 0.3) is 11.4 Å². The van der Waals surface area contributed by atoms with E-state index in [9.17, 15) is 4.79 Å². The summed E-state index contributed by atoms with van der Waals surface area (Å²) in [7, 11) is 1.35. The summed E-state index contributed by atoms with van der Waals surface area (Å²) in [5.74, 6) is 0.548. The molecule has 0 radical (unpaired) electrons. The Balaban J connectivity index is 1.61. The summed E-state index contributed by atoms with van der Waals surface area (Å²) in [6.07, 6.45) is 0. The molecule has 0 spiro atoms. The molecule has 0 atom stereocenters. The molecular formula is C20H20N4O3S. The lowest BCUT2D eigenvalue weighted by Crippen LogP contribution is -2.28. The monoisotopic (exact) mass is 396 g/mol. The number of anilines is 1. The van der Waals surface area contributed by atoms with Crippen LogP contribution in [0.1, 0.15) is 27.4 Å². The van der Waals surface area contributed by atoms with E-state index in [0.717, 1.165) is 16.7 Å². The van der Waals surface area contributed by atoms with Crippen LogP contribution in [-0.2, 0) is 11.3 Å². The summed E-state index contributed by atoms with van der Waals surface area (Å²) in [4.78, 5) is 16.2. The number of carbonyl (C=O) groups excluding carboxylic acids is 1. The molecule has 0 fully saturated rings. The molecule has 3 rings (SSSR count). The first-order valence-electron chi connectivity index (χ1n) is 8.60. The van der Waals surface area contributed by atoms with Crippen molar-refractivity contribution in [2.75, 3.05) is 12.4 Å². The van der Waals surface area contributed by atoms with E-state index in [4.69, 9.17) is 21.5 Å². The molecule has 0 aliphatic rings. The molecule has 2 N–H and O–H groups in total. The molecule has 3 aromatic rings. The van der Waals surface area contributed by atoms with Gasteiger partial charge < -0.3 is 19.9 Å². The lowest BCUT2D eigenvalue weighted by atomic mass is 10.1. The maximum atomic E-state index is 11.8. The second kappa shape index (κ2) is 8.62. The Hall–Kier alpha value is -3.26. The minimum absolute atomic E-state index is 0.278. The second-order valence-corrected chi connectivity index (χ2v) is 6.56. The zero-order chi connectivity index (χ0) is 20.1. The Morgan fingerprint density at radius 1 is 1.18 bits per heavy atom. The number of nitrogens with one attached hydrogen (secondary N) is 2. The molecule has 0 amide bonds. The first-order valence-corrected chi connectivity index (χ1v) is 9.01. The zero-order valence-electron chi connectivity index (χ0n) is 15.8. The molecule has 0 aliphatic carbocycles. The normalized spacial score (nSPS) is 10.4. The predicted octanol–water partition coefficient (Wildman–Crippen LogP) is 3.63. The van der Waals surface area contributed by atoms with Crippen molar-refractivity contribution in [3.05, 3.63) is 65.0 Å². The number of methoxy groups -OCH3 is 1. The second-order valence-electron chi connectivity index (χ2n) is 6.16. The number of hydrogen-bond donors (Lipinski definition) is 2.